The molecule has 0 radical (unpaired) electrons. The third kappa shape index (κ3) is 2.28. The van der Waals surface area contributed by atoms with Crippen molar-refractivity contribution in [3.63, 3.8) is 0 Å². The lowest BCUT2D eigenvalue weighted by molar-refractivity contribution is 0.559. The molecule has 92 valence electrons. The van der Waals surface area contributed by atoms with Crippen LogP contribution in [-0.4, -0.2) is 9.97 Å². The van der Waals surface area contributed by atoms with Crippen LogP contribution < -0.4 is 11.3 Å². The number of hydrogen-bond donors (Lipinski definition) is 2. The topological polar surface area (TPSA) is 63.8 Å². The van der Waals surface area contributed by atoms with E-state index in [0.29, 0.717) is 0 Å². The molecule has 0 spiro atoms. The normalized spacial score (nSPS) is 12.9. The Hall–Kier alpha value is -1.34. The van der Waals surface area contributed by atoms with Gasteiger partial charge in [0, 0.05) is 17.5 Å². The van der Waals surface area contributed by atoms with Crippen LogP contribution in [-0.2, 0) is 6.42 Å². The molecule has 6 heteroatoms. The zero-order valence-electron chi connectivity index (χ0n) is 9.54. The first-order valence-corrected chi connectivity index (χ1v) is 7.25. The molecule has 3 rings (SSSR count). The molecule has 2 aromatic heterocycles. The summed E-state index contributed by atoms with van der Waals surface area (Å²) < 4.78 is 1.22. The molecule has 1 aromatic carbocycles. The third-order valence-electron chi connectivity index (χ3n) is 2.71. The van der Waals surface area contributed by atoms with E-state index in [1.165, 1.54) is 4.70 Å². The molecular formula is C12H12N4S2. The maximum atomic E-state index is 5.61. The summed E-state index contributed by atoms with van der Waals surface area (Å²) in [5, 5.41) is 1.09. The number of nitrogens with zero attached hydrogens (tertiary/aromatic N) is 2. The van der Waals surface area contributed by atoms with Gasteiger partial charge in [0.2, 0.25) is 0 Å². The lowest BCUT2D eigenvalue weighted by Gasteiger charge is -2.11. The van der Waals surface area contributed by atoms with E-state index < -0.39 is 0 Å². The Morgan fingerprint density at radius 3 is 2.94 bits per heavy atom. The van der Waals surface area contributed by atoms with Crippen molar-refractivity contribution >= 4 is 32.9 Å². The van der Waals surface area contributed by atoms with Crippen molar-refractivity contribution < 1.29 is 0 Å². The van der Waals surface area contributed by atoms with Crippen LogP contribution in [0.15, 0.2) is 36.0 Å². The fourth-order valence-electron chi connectivity index (χ4n) is 1.82. The second kappa shape index (κ2) is 5.11. The molecule has 0 fully saturated rings. The molecule has 0 saturated carbocycles. The third-order valence-corrected chi connectivity index (χ3v) is 4.66. The van der Waals surface area contributed by atoms with Gasteiger partial charge in [-0.05, 0) is 12.1 Å². The van der Waals surface area contributed by atoms with Crippen LogP contribution in [0.2, 0.25) is 0 Å². The molecule has 18 heavy (non-hydrogen) atoms. The minimum Gasteiger partial charge on any atom is -0.271 e. The Kier molecular flexibility index (Phi) is 3.33. The van der Waals surface area contributed by atoms with Crippen LogP contribution in [0, 0.1) is 0 Å². The van der Waals surface area contributed by atoms with Gasteiger partial charge in [-0.1, -0.05) is 12.1 Å². The predicted molar refractivity (Wildman–Crippen MR) is 75.5 cm³/mol. The van der Waals surface area contributed by atoms with Crippen molar-refractivity contribution in [3.8, 4) is 0 Å². The molecule has 4 nitrogen and oxygen atoms in total. The number of rotatable bonds is 4. The van der Waals surface area contributed by atoms with Gasteiger partial charge in [0.05, 0.1) is 26.8 Å². The molecular weight excluding hydrogens is 264 g/mol. The molecule has 0 aliphatic rings. The van der Waals surface area contributed by atoms with Crippen molar-refractivity contribution in [1.29, 1.82) is 0 Å². The summed E-state index contributed by atoms with van der Waals surface area (Å²) in [4.78, 5) is 9.83. The van der Waals surface area contributed by atoms with Gasteiger partial charge in [-0.3, -0.25) is 16.3 Å². The number of nitrogens with one attached hydrogen (secondary N) is 1. The van der Waals surface area contributed by atoms with Gasteiger partial charge in [0.1, 0.15) is 0 Å². The van der Waals surface area contributed by atoms with Crippen molar-refractivity contribution in [3.05, 3.63) is 45.9 Å². The first-order valence-electron chi connectivity index (χ1n) is 5.56. The first kappa shape index (κ1) is 11.7. The Labute approximate surface area is 112 Å². The summed E-state index contributed by atoms with van der Waals surface area (Å²) in [6.07, 6.45) is 2.64. The van der Waals surface area contributed by atoms with Gasteiger partial charge in [-0.25, -0.2) is 4.98 Å². The maximum absolute atomic E-state index is 5.61. The Morgan fingerprint density at radius 1 is 1.33 bits per heavy atom. The molecule has 0 aliphatic carbocycles. The summed E-state index contributed by atoms with van der Waals surface area (Å²) in [7, 11) is 0. The van der Waals surface area contributed by atoms with Gasteiger partial charge in [0.15, 0.2) is 0 Å². The van der Waals surface area contributed by atoms with Gasteiger partial charge in [0.25, 0.3) is 0 Å². The highest BCUT2D eigenvalue weighted by Gasteiger charge is 2.14. The predicted octanol–water partition coefficient (Wildman–Crippen LogP) is 2.50. The smallest absolute Gasteiger partial charge is 0.0958 e. The lowest BCUT2D eigenvalue weighted by atomic mass is 10.2. The van der Waals surface area contributed by atoms with E-state index in [0.717, 1.165) is 21.8 Å². The molecule has 0 amide bonds. The van der Waals surface area contributed by atoms with Crippen molar-refractivity contribution in [2.24, 2.45) is 5.84 Å². The second-order valence-electron chi connectivity index (χ2n) is 3.90. The second-order valence-corrected chi connectivity index (χ2v) is 5.94. The van der Waals surface area contributed by atoms with E-state index in [9.17, 15) is 0 Å². The van der Waals surface area contributed by atoms with Crippen molar-refractivity contribution in [2.45, 2.75) is 12.5 Å². The lowest BCUT2D eigenvalue weighted by Crippen LogP contribution is -2.28. The standard InChI is InChI=1S/C12H12N4S2/c13-16-9(11-6-14-7-17-11)5-12-15-8-3-1-2-4-10(8)18-12/h1-4,6-7,9,16H,5,13H2. The fraction of sp³-hybridized carbons (Fsp3) is 0.167. The molecule has 0 bridgehead atoms. The van der Waals surface area contributed by atoms with E-state index in [1.807, 2.05) is 29.9 Å². The van der Waals surface area contributed by atoms with E-state index in [1.54, 1.807) is 22.7 Å². The highest BCUT2D eigenvalue weighted by molar-refractivity contribution is 7.18. The zero-order valence-corrected chi connectivity index (χ0v) is 11.2. The summed E-state index contributed by atoms with van der Waals surface area (Å²) in [5.41, 5.74) is 5.71. The monoisotopic (exact) mass is 276 g/mol. The fourth-order valence-corrected chi connectivity index (χ4v) is 3.51. The molecule has 2 heterocycles. The van der Waals surface area contributed by atoms with Gasteiger partial charge in [-0.15, -0.1) is 22.7 Å². The SMILES string of the molecule is NNC(Cc1nc2ccccc2s1)c1cncs1. The number of aromatic nitrogens is 2. The van der Waals surface area contributed by atoms with E-state index in [4.69, 9.17) is 5.84 Å². The largest absolute Gasteiger partial charge is 0.271 e. The van der Waals surface area contributed by atoms with Crippen molar-refractivity contribution in [2.75, 3.05) is 0 Å². The molecule has 0 saturated heterocycles. The van der Waals surface area contributed by atoms with Gasteiger partial charge < -0.3 is 0 Å². The number of para-hydroxylation sites is 1. The Morgan fingerprint density at radius 2 is 2.22 bits per heavy atom. The van der Waals surface area contributed by atoms with Crippen LogP contribution >= 0.6 is 22.7 Å². The molecule has 3 N–H and O–H groups in total. The van der Waals surface area contributed by atoms with Gasteiger partial charge >= 0.3 is 0 Å². The van der Waals surface area contributed by atoms with Gasteiger partial charge in [-0.2, -0.15) is 0 Å². The highest BCUT2D eigenvalue weighted by Crippen LogP contribution is 2.26. The number of hydrogen-bond acceptors (Lipinski definition) is 6. The average Bonchev–Trinajstić information content (AvgIpc) is 3.04. The Bertz CT molecular complexity index is 599. The minimum atomic E-state index is 0.0815. The molecule has 1 unspecified atom stereocenters. The maximum Gasteiger partial charge on any atom is 0.0958 e. The number of hydrazine groups is 1. The van der Waals surface area contributed by atoms with Crippen LogP contribution in [0.25, 0.3) is 10.2 Å². The van der Waals surface area contributed by atoms with E-state index in [-0.39, 0.29) is 6.04 Å². The van der Waals surface area contributed by atoms with Crippen LogP contribution in [0.3, 0.4) is 0 Å². The van der Waals surface area contributed by atoms with E-state index in [2.05, 4.69) is 21.5 Å². The Balaban J connectivity index is 1.86. The highest BCUT2D eigenvalue weighted by atomic mass is 32.1. The van der Waals surface area contributed by atoms with Crippen molar-refractivity contribution in [1.82, 2.24) is 15.4 Å². The summed E-state index contributed by atoms with van der Waals surface area (Å²) in [6.45, 7) is 0. The van der Waals surface area contributed by atoms with Crippen LogP contribution in [0.5, 0.6) is 0 Å². The average molecular weight is 276 g/mol. The summed E-state index contributed by atoms with van der Waals surface area (Å²) in [6, 6.07) is 8.25. The quantitative estimate of drug-likeness (QED) is 0.567. The minimum absolute atomic E-state index is 0.0815. The van der Waals surface area contributed by atoms with E-state index >= 15 is 0 Å². The summed E-state index contributed by atoms with van der Waals surface area (Å²) in [5.74, 6) is 5.61. The van der Waals surface area contributed by atoms with Crippen LogP contribution in [0.1, 0.15) is 15.9 Å². The molecule has 1 atom stereocenters. The number of nitrogens with two attached hydrogens (primary N) is 1. The number of benzene rings is 1. The zero-order chi connectivity index (χ0) is 12.4. The summed E-state index contributed by atoms with van der Waals surface area (Å²) >= 11 is 3.32. The first-order chi connectivity index (χ1) is 8.86. The van der Waals surface area contributed by atoms with Crippen LogP contribution in [0.4, 0.5) is 0 Å². The number of thiazole rings is 2. The molecule has 3 aromatic rings. The molecule has 0 aliphatic heterocycles. The number of fused-ring (bicyclic) bond motifs is 1.